The van der Waals surface area contributed by atoms with E-state index in [1.54, 1.807) is 6.92 Å². The molecular formula is C14H26N2O2. The minimum absolute atomic E-state index is 0.245. The van der Waals surface area contributed by atoms with Crippen LogP contribution in [0.5, 0.6) is 0 Å². The summed E-state index contributed by atoms with van der Waals surface area (Å²) in [5, 5.41) is 3.35. The Morgan fingerprint density at radius 3 is 2.50 bits per heavy atom. The molecule has 4 nitrogen and oxygen atoms in total. The molecule has 0 bridgehead atoms. The number of nitrogens with zero attached hydrogens (tertiary/aromatic N) is 1. The molecule has 0 aliphatic heterocycles. The predicted molar refractivity (Wildman–Crippen MR) is 73.5 cm³/mol. The number of carbonyl (C=O) groups excluding carboxylic acids is 1. The summed E-state index contributed by atoms with van der Waals surface area (Å²) in [5.74, 6) is -0.296. The summed E-state index contributed by atoms with van der Waals surface area (Å²) >= 11 is 0. The standard InChI is InChI=1S/C14H26N2O2/c1-5-18-13(17)12(2)10-15-11-14(16(3)4)8-6-7-9-14/h15H,2,5-11H2,1,3-4H3. The van der Waals surface area contributed by atoms with Gasteiger partial charge in [0.05, 0.1) is 6.61 Å². The molecule has 0 amide bonds. The van der Waals surface area contributed by atoms with Gasteiger partial charge in [-0.05, 0) is 33.9 Å². The molecular weight excluding hydrogens is 228 g/mol. The van der Waals surface area contributed by atoms with Crippen LogP contribution in [0.3, 0.4) is 0 Å². The summed E-state index contributed by atoms with van der Waals surface area (Å²) in [5.41, 5.74) is 0.748. The lowest BCUT2D eigenvalue weighted by atomic mass is 9.96. The molecule has 0 aromatic carbocycles. The van der Waals surface area contributed by atoms with Gasteiger partial charge in [0.25, 0.3) is 0 Å². The van der Waals surface area contributed by atoms with E-state index in [0.29, 0.717) is 18.7 Å². The topological polar surface area (TPSA) is 41.6 Å². The van der Waals surface area contributed by atoms with E-state index in [-0.39, 0.29) is 11.5 Å². The summed E-state index contributed by atoms with van der Waals surface area (Å²) in [6.45, 7) is 7.37. The summed E-state index contributed by atoms with van der Waals surface area (Å²) in [4.78, 5) is 13.7. The molecule has 1 rings (SSSR count). The Bertz CT molecular complexity index is 294. The molecule has 1 fully saturated rings. The lowest BCUT2D eigenvalue weighted by Gasteiger charge is -2.36. The molecule has 18 heavy (non-hydrogen) atoms. The van der Waals surface area contributed by atoms with E-state index in [9.17, 15) is 4.79 Å². The van der Waals surface area contributed by atoms with Crippen molar-refractivity contribution in [1.29, 1.82) is 0 Å². The largest absolute Gasteiger partial charge is 0.463 e. The second kappa shape index (κ2) is 6.90. The predicted octanol–water partition coefficient (Wildman–Crippen LogP) is 1.57. The number of esters is 1. The second-order valence-electron chi connectivity index (χ2n) is 5.25. The van der Waals surface area contributed by atoms with Crippen LogP contribution in [0.2, 0.25) is 0 Å². The van der Waals surface area contributed by atoms with Crippen molar-refractivity contribution in [3.8, 4) is 0 Å². The Labute approximate surface area is 110 Å². The van der Waals surface area contributed by atoms with Gasteiger partial charge in [-0.25, -0.2) is 4.79 Å². The molecule has 0 spiro atoms. The highest BCUT2D eigenvalue weighted by Gasteiger charge is 2.35. The van der Waals surface area contributed by atoms with Crippen LogP contribution in [0.25, 0.3) is 0 Å². The van der Waals surface area contributed by atoms with Crippen molar-refractivity contribution in [2.75, 3.05) is 33.8 Å². The van der Waals surface area contributed by atoms with Crippen molar-refractivity contribution in [3.05, 3.63) is 12.2 Å². The first-order chi connectivity index (χ1) is 8.52. The van der Waals surface area contributed by atoms with Gasteiger partial charge < -0.3 is 15.0 Å². The number of rotatable bonds is 7. The van der Waals surface area contributed by atoms with E-state index in [1.165, 1.54) is 25.7 Å². The average Bonchev–Trinajstić information content (AvgIpc) is 2.79. The van der Waals surface area contributed by atoms with Crippen molar-refractivity contribution in [3.63, 3.8) is 0 Å². The molecule has 0 aromatic heterocycles. The average molecular weight is 254 g/mol. The highest BCUT2D eigenvalue weighted by Crippen LogP contribution is 2.33. The molecule has 1 aliphatic carbocycles. The first-order valence-electron chi connectivity index (χ1n) is 6.75. The van der Waals surface area contributed by atoms with E-state index in [2.05, 4.69) is 30.9 Å². The van der Waals surface area contributed by atoms with Gasteiger partial charge in [0.1, 0.15) is 0 Å². The fraction of sp³-hybridized carbons (Fsp3) is 0.786. The Balaban J connectivity index is 2.36. The van der Waals surface area contributed by atoms with Crippen molar-refractivity contribution < 1.29 is 9.53 Å². The number of likely N-dealkylation sites (N-methyl/N-ethyl adjacent to an activating group) is 1. The normalized spacial score (nSPS) is 18.0. The van der Waals surface area contributed by atoms with Crippen LogP contribution < -0.4 is 5.32 Å². The smallest absolute Gasteiger partial charge is 0.334 e. The fourth-order valence-corrected chi connectivity index (χ4v) is 2.57. The third kappa shape index (κ3) is 3.82. The third-order valence-corrected chi connectivity index (χ3v) is 3.84. The highest BCUT2D eigenvalue weighted by atomic mass is 16.5. The maximum Gasteiger partial charge on any atom is 0.334 e. The molecule has 0 atom stereocenters. The van der Waals surface area contributed by atoms with Gasteiger partial charge in [-0.1, -0.05) is 19.4 Å². The third-order valence-electron chi connectivity index (χ3n) is 3.84. The van der Waals surface area contributed by atoms with E-state index in [1.807, 2.05) is 0 Å². The second-order valence-corrected chi connectivity index (χ2v) is 5.25. The number of hydrogen-bond acceptors (Lipinski definition) is 4. The molecule has 0 radical (unpaired) electrons. The van der Waals surface area contributed by atoms with Crippen LogP contribution in [0.4, 0.5) is 0 Å². The van der Waals surface area contributed by atoms with Crippen LogP contribution >= 0.6 is 0 Å². The zero-order chi connectivity index (χ0) is 13.6. The Hall–Kier alpha value is -0.870. The van der Waals surface area contributed by atoms with Crippen molar-refractivity contribution in [2.45, 2.75) is 38.1 Å². The highest BCUT2D eigenvalue weighted by molar-refractivity contribution is 5.88. The van der Waals surface area contributed by atoms with Crippen molar-refractivity contribution in [2.24, 2.45) is 0 Å². The monoisotopic (exact) mass is 254 g/mol. The van der Waals surface area contributed by atoms with Gasteiger partial charge in [-0.2, -0.15) is 0 Å². The van der Waals surface area contributed by atoms with Crippen LogP contribution in [0, 0.1) is 0 Å². The molecule has 4 heteroatoms. The van der Waals surface area contributed by atoms with E-state index < -0.39 is 0 Å². The number of ether oxygens (including phenoxy) is 1. The molecule has 0 heterocycles. The Morgan fingerprint density at radius 1 is 1.39 bits per heavy atom. The first kappa shape index (κ1) is 15.2. The Morgan fingerprint density at radius 2 is 2.00 bits per heavy atom. The van der Waals surface area contributed by atoms with Gasteiger partial charge >= 0.3 is 5.97 Å². The number of hydrogen-bond donors (Lipinski definition) is 1. The van der Waals surface area contributed by atoms with Crippen LogP contribution in [0.15, 0.2) is 12.2 Å². The molecule has 0 unspecified atom stereocenters. The molecule has 1 saturated carbocycles. The molecule has 1 N–H and O–H groups in total. The van der Waals surface area contributed by atoms with Crippen molar-refractivity contribution in [1.82, 2.24) is 10.2 Å². The molecule has 0 saturated heterocycles. The molecule has 0 aromatic rings. The summed E-state index contributed by atoms with van der Waals surface area (Å²) < 4.78 is 4.91. The Kier molecular flexibility index (Phi) is 5.82. The van der Waals surface area contributed by atoms with Gasteiger partial charge in [0.2, 0.25) is 0 Å². The fourth-order valence-electron chi connectivity index (χ4n) is 2.57. The number of carbonyl (C=O) groups is 1. The lowest BCUT2D eigenvalue weighted by Crippen LogP contribution is -2.50. The first-order valence-corrected chi connectivity index (χ1v) is 6.75. The van der Waals surface area contributed by atoms with E-state index >= 15 is 0 Å². The summed E-state index contributed by atoms with van der Waals surface area (Å²) in [6.07, 6.45) is 5.02. The van der Waals surface area contributed by atoms with E-state index in [4.69, 9.17) is 4.74 Å². The van der Waals surface area contributed by atoms with Gasteiger partial charge in [0.15, 0.2) is 0 Å². The molecule has 104 valence electrons. The van der Waals surface area contributed by atoms with Crippen molar-refractivity contribution >= 4 is 5.97 Å². The minimum atomic E-state index is -0.296. The van der Waals surface area contributed by atoms with Gasteiger partial charge in [-0.15, -0.1) is 0 Å². The zero-order valence-corrected chi connectivity index (χ0v) is 11.9. The quantitative estimate of drug-likeness (QED) is 0.553. The summed E-state index contributed by atoms with van der Waals surface area (Å²) in [7, 11) is 4.26. The maximum absolute atomic E-state index is 11.4. The minimum Gasteiger partial charge on any atom is -0.463 e. The SMILES string of the molecule is C=C(CNCC1(N(C)C)CCCC1)C(=O)OCC. The van der Waals surface area contributed by atoms with Crippen LogP contribution in [-0.2, 0) is 9.53 Å². The van der Waals surface area contributed by atoms with Crippen LogP contribution in [-0.4, -0.2) is 50.2 Å². The van der Waals surface area contributed by atoms with Gasteiger partial charge in [0, 0.05) is 24.2 Å². The van der Waals surface area contributed by atoms with Crippen LogP contribution in [0.1, 0.15) is 32.6 Å². The molecule has 1 aliphatic rings. The summed E-state index contributed by atoms with van der Waals surface area (Å²) in [6, 6.07) is 0. The zero-order valence-electron chi connectivity index (χ0n) is 11.9. The lowest BCUT2D eigenvalue weighted by molar-refractivity contribution is -0.138. The number of nitrogens with one attached hydrogen (secondary N) is 1. The van der Waals surface area contributed by atoms with E-state index in [0.717, 1.165) is 6.54 Å². The van der Waals surface area contributed by atoms with Gasteiger partial charge in [-0.3, -0.25) is 0 Å². The maximum atomic E-state index is 11.4.